The molecule has 3 aliphatic heterocycles. The van der Waals surface area contributed by atoms with Crippen molar-refractivity contribution >= 4 is 91.8 Å². The number of fused-ring (bicyclic) bond motifs is 4. The summed E-state index contributed by atoms with van der Waals surface area (Å²) in [6.45, 7) is -1.18. The Morgan fingerprint density at radius 3 is 1.99 bits per heavy atom. The zero-order valence-corrected chi connectivity index (χ0v) is 48.8. The van der Waals surface area contributed by atoms with E-state index < -0.39 is 75.8 Å². The van der Waals surface area contributed by atoms with Gasteiger partial charge < -0.3 is 24.9 Å². The first-order valence-electron chi connectivity index (χ1n) is 26.4. The molecule has 21 nitrogen and oxygen atoms in total. The summed E-state index contributed by atoms with van der Waals surface area (Å²) in [4.78, 5) is 43.4. The van der Waals surface area contributed by atoms with Crippen molar-refractivity contribution in [2.24, 2.45) is 5.92 Å². The lowest BCUT2D eigenvalue weighted by Gasteiger charge is -2.31. The first-order chi connectivity index (χ1) is 40.4. The molecule has 1 aliphatic carbocycles. The number of rotatable bonds is 16. The van der Waals surface area contributed by atoms with Crippen molar-refractivity contribution in [3.05, 3.63) is 180 Å². The molecule has 3 amide bonds. The number of sulfonamides is 1. The third-order valence-electron chi connectivity index (χ3n) is 15.0. The van der Waals surface area contributed by atoms with Crippen LogP contribution in [0.25, 0.3) is 33.4 Å². The summed E-state index contributed by atoms with van der Waals surface area (Å²) in [7, 11) is -14.9. The highest BCUT2D eigenvalue weighted by atomic mass is 32.2. The van der Waals surface area contributed by atoms with E-state index in [0.29, 0.717) is 67.1 Å². The highest BCUT2D eigenvalue weighted by Crippen LogP contribution is 2.44. The van der Waals surface area contributed by atoms with Crippen LogP contribution in [0.5, 0.6) is 0 Å². The molecule has 1 saturated heterocycles. The summed E-state index contributed by atoms with van der Waals surface area (Å²) in [5.41, 5.74) is 6.01. The van der Waals surface area contributed by atoms with E-state index in [1.807, 2.05) is 24.3 Å². The third-order valence-corrected chi connectivity index (χ3v) is 19.8. The average molecular weight is 1230 g/mol. The zero-order chi connectivity index (χ0) is 60.6. The Balaban J connectivity index is 0.868. The van der Waals surface area contributed by atoms with Crippen molar-refractivity contribution in [1.29, 1.82) is 0 Å². The van der Waals surface area contributed by atoms with Crippen LogP contribution in [0.4, 0.5) is 22.7 Å². The molecule has 10 rings (SSSR count). The van der Waals surface area contributed by atoms with Gasteiger partial charge in [0.1, 0.15) is 18.4 Å². The Labute approximate surface area is 490 Å². The van der Waals surface area contributed by atoms with Crippen molar-refractivity contribution in [1.82, 2.24) is 19.5 Å². The topological polar surface area (TPSA) is 298 Å². The Bertz CT molecular complexity index is 4560. The zero-order valence-electron chi connectivity index (χ0n) is 45.5. The van der Waals surface area contributed by atoms with Gasteiger partial charge in [0.05, 0.1) is 33.0 Å². The number of hydrogen-bond donors (Lipinski definition) is 5. The Morgan fingerprint density at radius 1 is 0.694 bits per heavy atom. The molecule has 0 aromatic heterocycles. The largest absolute Gasteiger partial charge is 0.456 e. The molecule has 3 heterocycles. The summed E-state index contributed by atoms with van der Waals surface area (Å²) in [6, 6.07) is 42.5. The van der Waals surface area contributed by atoms with Gasteiger partial charge in [-0.25, -0.2) is 8.42 Å². The molecule has 0 spiro atoms. The van der Waals surface area contributed by atoms with Crippen LogP contribution in [0.1, 0.15) is 36.0 Å². The molecule has 0 radical (unpaired) electrons. The molecule has 25 heteroatoms. The van der Waals surface area contributed by atoms with Gasteiger partial charge in [0.15, 0.2) is 5.25 Å². The number of carbonyl (C=O) groups is 3. The molecule has 6 aromatic carbocycles. The van der Waals surface area contributed by atoms with E-state index in [1.165, 1.54) is 63.8 Å². The molecule has 1 atom stereocenters. The quantitative estimate of drug-likeness (QED) is 0.0301. The Morgan fingerprint density at radius 2 is 1.31 bits per heavy atom. The number of nitrogens with one attached hydrogen (secondary N) is 2. The molecular formula is C60H55N6O15S4+. The molecule has 1 fully saturated rings. The summed E-state index contributed by atoms with van der Waals surface area (Å²) >= 11 is 0. The highest BCUT2D eigenvalue weighted by molar-refractivity contribution is 7.89. The van der Waals surface area contributed by atoms with Gasteiger partial charge in [0.2, 0.25) is 38.8 Å². The average Bonchev–Trinajstić information content (AvgIpc) is 1.23. The molecular weight excluding hydrogens is 1170 g/mol. The van der Waals surface area contributed by atoms with Gasteiger partial charge in [0, 0.05) is 114 Å². The number of amides is 3. The highest BCUT2D eigenvalue weighted by Gasteiger charge is 2.37. The number of para-hydroxylation sites is 1. The monoisotopic (exact) mass is 1230 g/mol. The number of benzene rings is 7. The summed E-state index contributed by atoms with van der Waals surface area (Å²) in [5, 5.41) is 3.82. The van der Waals surface area contributed by atoms with Gasteiger partial charge in [-0.2, -0.15) is 34.1 Å². The van der Waals surface area contributed by atoms with Gasteiger partial charge in [0.25, 0.3) is 30.4 Å². The van der Waals surface area contributed by atoms with Crippen LogP contribution < -0.4 is 30.4 Å². The maximum absolute atomic E-state index is 15.0. The van der Waals surface area contributed by atoms with Crippen molar-refractivity contribution in [2.45, 2.75) is 45.7 Å². The predicted octanol–water partition coefficient (Wildman–Crippen LogP) is 6.43. The van der Waals surface area contributed by atoms with E-state index in [2.05, 4.69) is 22.5 Å². The van der Waals surface area contributed by atoms with E-state index in [0.717, 1.165) is 11.1 Å². The van der Waals surface area contributed by atoms with Crippen molar-refractivity contribution in [3.8, 4) is 34.3 Å². The van der Waals surface area contributed by atoms with Crippen LogP contribution in [0.2, 0.25) is 0 Å². The third kappa shape index (κ3) is 12.8. The second-order valence-corrected chi connectivity index (χ2v) is 26.6. The minimum Gasteiger partial charge on any atom is -0.456 e. The van der Waals surface area contributed by atoms with Crippen LogP contribution in [0, 0.1) is 17.8 Å². The van der Waals surface area contributed by atoms with Crippen molar-refractivity contribution in [2.75, 3.05) is 50.1 Å². The molecule has 5 N–H and O–H groups in total. The lowest BCUT2D eigenvalue weighted by atomic mass is 9.93. The van der Waals surface area contributed by atoms with Gasteiger partial charge in [-0.3, -0.25) is 28.0 Å². The van der Waals surface area contributed by atoms with Crippen molar-refractivity contribution in [3.63, 3.8) is 0 Å². The maximum Gasteiger partial charge on any atom is 0.294 e. The first-order valence-corrected chi connectivity index (χ1v) is 32.3. The molecule has 6 aromatic rings. The Hall–Kier alpha value is -8.58. The lowest BCUT2D eigenvalue weighted by molar-refractivity contribution is -0.126. The SMILES string of the molecule is CN(c1ccc(S(=O)(=O)O)cc1)c1ccc2c(-c3ccccc3S(=O)(=O)N3CCC(C(=O)NCC(C(=O)NCCC(=O)N4Cc5ccccc5C#Cc5ccccc54)S(=O)(=O)O)CC3)c3ccc(=[N+](C)c4ccc(S(=O)(=O)O)cc4)cc-3oc2c1. The molecule has 0 bridgehead atoms. The number of hydrogen-bond acceptors (Lipinski definition) is 13. The van der Waals surface area contributed by atoms with E-state index >= 15 is 0 Å². The number of piperidine rings is 1. The van der Waals surface area contributed by atoms with E-state index in [9.17, 15) is 61.7 Å². The minimum atomic E-state index is -5.09. The minimum absolute atomic E-state index is 0.00745. The fraction of sp³-hybridized carbons (Fsp3) is 0.200. The first kappa shape index (κ1) is 59.6. The fourth-order valence-corrected chi connectivity index (χ4v) is 13.6. The molecule has 4 aliphatic rings. The molecule has 85 heavy (non-hydrogen) atoms. The number of nitrogens with zero attached hydrogens (tertiary/aromatic N) is 4. The van der Waals surface area contributed by atoms with Gasteiger partial charge in [-0.05, 0) is 97.3 Å². The standard InChI is InChI=1S/C60H54N6O15S4/c1-63(43-17-23-47(24-18-43)83(72,73)74)45-21-27-49-53(35-45)81-54-36-46(64(2)44-19-25-48(26-20-44)84(75,76)77)22-28-50(54)58(49)51-12-6-8-14-55(51)82(70,71)65-33-30-41(31-34-65)59(68)62-37-56(85(78,79)80)60(69)61-32-29-57(67)66-38-42-11-4-3-9-39(42)15-16-40-10-5-7-13-52(40)66/h3-14,17-28,35-36,41,56H,29-34,37-38H2,1-2H3,(H4-,61,62,68,69,72,73,74,75,76,77,78,79,80)/p+1. The summed E-state index contributed by atoms with van der Waals surface area (Å²) in [5.74, 6) is 3.55. The van der Waals surface area contributed by atoms with Crippen LogP contribution in [0.3, 0.4) is 0 Å². The van der Waals surface area contributed by atoms with Crippen LogP contribution in [0.15, 0.2) is 177 Å². The van der Waals surface area contributed by atoms with Gasteiger partial charge >= 0.3 is 0 Å². The maximum atomic E-state index is 15.0. The molecule has 1 unspecified atom stereocenters. The summed E-state index contributed by atoms with van der Waals surface area (Å²) in [6.07, 6.45) is -0.231. The van der Waals surface area contributed by atoms with Gasteiger partial charge in [-0.1, -0.05) is 60.4 Å². The lowest BCUT2D eigenvalue weighted by Crippen LogP contribution is -2.49. The predicted molar refractivity (Wildman–Crippen MR) is 317 cm³/mol. The number of anilines is 3. The van der Waals surface area contributed by atoms with E-state index in [-0.39, 0.29) is 60.1 Å². The van der Waals surface area contributed by atoms with E-state index in [1.54, 1.807) is 102 Å². The van der Waals surface area contributed by atoms with E-state index in [4.69, 9.17) is 4.42 Å². The molecule has 438 valence electrons. The van der Waals surface area contributed by atoms with Gasteiger partial charge in [-0.15, -0.1) is 0 Å². The summed E-state index contributed by atoms with van der Waals surface area (Å²) < 4.78 is 141. The van der Waals surface area contributed by atoms with Crippen molar-refractivity contribution < 1.29 is 66.1 Å². The fourth-order valence-electron chi connectivity index (χ4n) is 10.4. The molecule has 0 saturated carbocycles. The normalized spacial score (nSPS) is 14.9. The second kappa shape index (κ2) is 23.8. The van der Waals surface area contributed by atoms with Crippen LogP contribution >= 0.6 is 0 Å². The second-order valence-electron chi connectivity index (χ2n) is 20.3. The smallest absolute Gasteiger partial charge is 0.294 e. The van der Waals surface area contributed by atoms with Crippen LogP contribution in [-0.4, -0.2) is 115 Å². The number of carbonyl (C=O) groups excluding carboxylic acids is 3. The Kier molecular flexibility index (Phi) is 16.7. The van der Waals surface area contributed by atoms with Crippen LogP contribution in [-0.2, 0) is 61.3 Å².